The lowest BCUT2D eigenvalue weighted by atomic mass is 10.2. The maximum Gasteiger partial charge on any atom is 0.255 e. The van der Waals surface area contributed by atoms with E-state index in [2.05, 4.69) is 31.5 Å². The van der Waals surface area contributed by atoms with Crippen molar-refractivity contribution in [2.45, 2.75) is 6.54 Å². The molecule has 20 heavy (non-hydrogen) atoms. The van der Waals surface area contributed by atoms with Crippen molar-refractivity contribution in [2.24, 2.45) is 0 Å². The van der Waals surface area contributed by atoms with Gasteiger partial charge in [-0.15, -0.1) is 0 Å². The quantitative estimate of drug-likeness (QED) is 0.901. The first kappa shape index (κ1) is 14.5. The molecular weight excluding hydrogens is 325 g/mol. The van der Waals surface area contributed by atoms with E-state index >= 15 is 0 Å². The first-order valence-corrected chi connectivity index (χ1v) is 6.75. The first-order valence-electron chi connectivity index (χ1n) is 5.96. The van der Waals surface area contributed by atoms with Crippen LogP contribution in [0.2, 0.25) is 0 Å². The summed E-state index contributed by atoms with van der Waals surface area (Å²) in [7, 11) is 1.63. The summed E-state index contributed by atoms with van der Waals surface area (Å²) in [6.45, 7) is 0.359. The second-order valence-electron chi connectivity index (χ2n) is 4.11. The number of halogens is 2. The Morgan fingerprint density at radius 3 is 2.90 bits per heavy atom. The summed E-state index contributed by atoms with van der Waals surface area (Å²) < 4.78 is 14.1. The molecule has 104 valence electrons. The molecule has 1 aromatic heterocycles. The maximum absolute atomic E-state index is 13.2. The molecule has 0 radical (unpaired) electrons. The van der Waals surface area contributed by atoms with Crippen molar-refractivity contribution in [1.29, 1.82) is 0 Å². The zero-order chi connectivity index (χ0) is 14.5. The van der Waals surface area contributed by atoms with E-state index in [1.807, 2.05) is 24.3 Å². The van der Waals surface area contributed by atoms with Crippen molar-refractivity contribution in [3.05, 3.63) is 57.9 Å². The molecule has 0 spiro atoms. The van der Waals surface area contributed by atoms with Crippen LogP contribution in [0, 0.1) is 5.82 Å². The Bertz CT molecular complexity index is 634. The smallest absolute Gasteiger partial charge is 0.255 e. The van der Waals surface area contributed by atoms with Crippen LogP contribution in [0.3, 0.4) is 0 Å². The first-order chi connectivity index (χ1) is 9.60. The molecule has 1 heterocycles. The van der Waals surface area contributed by atoms with E-state index in [4.69, 9.17) is 0 Å². The molecule has 0 aliphatic heterocycles. The van der Waals surface area contributed by atoms with Gasteiger partial charge >= 0.3 is 0 Å². The SMILES string of the molecule is CNc1ncc(F)cc1C(=O)NCc1cccc(Br)c1. The maximum atomic E-state index is 13.2. The summed E-state index contributed by atoms with van der Waals surface area (Å²) in [6, 6.07) is 8.75. The van der Waals surface area contributed by atoms with Crippen molar-refractivity contribution in [1.82, 2.24) is 10.3 Å². The molecular formula is C14H13BrFN3O. The van der Waals surface area contributed by atoms with Crippen LogP contribution in [0.1, 0.15) is 15.9 Å². The van der Waals surface area contributed by atoms with E-state index in [1.165, 1.54) is 0 Å². The lowest BCUT2D eigenvalue weighted by Crippen LogP contribution is -2.24. The molecule has 2 rings (SSSR count). The van der Waals surface area contributed by atoms with Gasteiger partial charge in [0.1, 0.15) is 11.6 Å². The van der Waals surface area contributed by atoms with Gasteiger partial charge in [0.2, 0.25) is 0 Å². The topological polar surface area (TPSA) is 54.0 Å². The lowest BCUT2D eigenvalue weighted by Gasteiger charge is -2.09. The van der Waals surface area contributed by atoms with Gasteiger partial charge in [-0.1, -0.05) is 28.1 Å². The van der Waals surface area contributed by atoms with Gasteiger partial charge in [0.05, 0.1) is 11.8 Å². The van der Waals surface area contributed by atoms with E-state index in [9.17, 15) is 9.18 Å². The van der Waals surface area contributed by atoms with E-state index in [0.29, 0.717) is 12.4 Å². The summed E-state index contributed by atoms with van der Waals surface area (Å²) in [5.74, 6) is -0.573. The van der Waals surface area contributed by atoms with Crippen LogP contribution in [0.4, 0.5) is 10.2 Å². The number of carbonyl (C=O) groups is 1. The fourth-order valence-corrected chi connectivity index (χ4v) is 2.18. The number of nitrogens with one attached hydrogen (secondary N) is 2. The summed E-state index contributed by atoms with van der Waals surface area (Å²) in [6.07, 6.45) is 1.07. The molecule has 2 N–H and O–H groups in total. The highest BCUT2D eigenvalue weighted by atomic mass is 79.9. The van der Waals surface area contributed by atoms with Crippen LogP contribution in [0.5, 0.6) is 0 Å². The number of anilines is 1. The summed E-state index contributed by atoms with van der Waals surface area (Å²) >= 11 is 3.36. The van der Waals surface area contributed by atoms with Crippen LogP contribution >= 0.6 is 15.9 Å². The largest absolute Gasteiger partial charge is 0.372 e. The lowest BCUT2D eigenvalue weighted by molar-refractivity contribution is 0.0951. The molecule has 1 aromatic carbocycles. The predicted molar refractivity (Wildman–Crippen MR) is 79.1 cm³/mol. The average Bonchev–Trinajstić information content (AvgIpc) is 2.45. The number of amides is 1. The average molecular weight is 338 g/mol. The van der Waals surface area contributed by atoms with Crippen molar-refractivity contribution < 1.29 is 9.18 Å². The minimum Gasteiger partial charge on any atom is -0.372 e. The van der Waals surface area contributed by atoms with Crippen molar-refractivity contribution in [3.63, 3.8) is 0 Å². The highest BCUT2D eigenvalue weighted by molar-refractivity contribution is 9.10. The standard InChI is InChI=1S/C14H13BrFN3O/c1-17-13-12(6-11(16)8-18-13)14(20)19-7-9-3-2-4-10(15)5-9/h2-6,8H,7H2,1H3,(H,17,18)(H,19,20). The second kappa shape index (κ2) is 6.47. The molecule has 0 saturated heterocycles. The number of aromatic nitrogens is 1. The van der Waals surface area contributed by atoms with Gasteiger partial charge in [0.15, 0.2) is 0 Å². The van der Waals surface area contributed by atoms with E-state index in [1.54, 1.807) is 7.05 Å². The van der Waals surface area contributed by atoms with Gasteiger partial charge < -0.3 is 10.6 Å². The third-order valence-electron chi connectivity index (χ3n) is 2.68. The molecule has 0 fully saturated rings. The summed E-state index contributed by atoms with van der Waals surface area (Å²) in [4.78, 5) is 15.9. The molecule has 0 bridgehead atoms. The van der Waals surface area contributed by atoms with Crippen LogP contribution in [-0.4, -0.2) is 17.9 Å². The molecule has 0 saturated carbocycles. The highest BCUT2D eigenvalue weighted by Crippen LogP contribution is 2.14. The normalized spacial score (nSPS) is 10.2. The Kier molecular flexibility index (Phi) is 4.68. The van der Waals surface area contributed by atoms with Crippen LogP contribution in [0.25, 0.3) is 0 Å². The van der Waals surface area contributed by atoms with Gasteiger partial charge in [0.25, 0.3) is 5.91 Å². The third-order valence-corrected chi connectivity index (χ3v) is 3.17. The molecule has 0 aliphatic rings. The van der Waals surface area contributed by atoms with Crippen LogP contribution in [-0.2, 0) is 6.54 Å². The molecule has 6 heteroatoms. The number of hydrogen-bond acceptors (Lipinski definition) is 3. The fraction of sp³-hybridized carbons (Fsp3) is 0.143. The Morgan fingerprint density at radius 1 is 1.40 bits per heavy atom. The minimum absolute atomic E-state index is 0.183. The fourth-order valence-electron chi connectivity index (χ4n) is 1.74. The summed E-state index contributed by atoms with van der Waals surface area (Å²) in [5, 5.41) is 5.50. The molecule has 0 unspecified atom stereocenters. The molecule has 1 amide bonds. The number of pyridine rings is 1. The zero-order valence-corrected chi connectivity index (χ0v) is 12.4. The number of nitrogens with zero attached hydrogens (tertiary/aromatic N) is 1. The van der Waals surface area contributed by atoms with Gasteiger partial charge in [-0.25, -0.2) is 9.37 Å². The van der Waals surface area contributed by atoms with Crippen molar-refractivity contribution in [2.75, 3.05) is 12.4 Å². The van der Waals surface area contributed by atoms with Gasteiger partial charge in [-0.2, -0.15) is 0 Å². The van der Waals surface area contributed by atoms with E-state index < -0.39 is 5.82 Å². The molecule has 2 aromatic rings. The van der Waals surface area contributed by atoms with Crippen molar-refractivity contribution >= 4 is 27.7 Å². The van der Waals surface area contributed by atoms with Crippen LogP contribution < -0.4 is 10.6 Å². The number of hydrogen-bond donors (Lipinski definition) is 2. The van der Waals surface area contributed by atoms with Gasteiger partial charge in [0, 0.05) is 18.1 Å². The molecule has 0 aliphatic carbocycles. The third kappa shape index (κ3) is 3.54. The van der Waals surface area contributed by atoms with Gasteiger partial charge in [-0.3, -0.25) is 4.79 Å². The van der Waals surface area contributed by atoms with E-state index in [-0.39, 0.29) is 11.5 Å². The highest BCUT2D eigenvalue weighted by Gasteiger charge is 2.13. The Hall–Kier alpha value is -1.95. The predicted octanol–water partition coefficient (Wildman–Crippen LogP) is 2.95. The Balaban J connectivity index is 2.10. The summed E-state index contributed by atoms with van der Waals surface area (Å²) in [5.41, 5.74) is 1.13. The second-order valence-corrected chi connectivity index (χ2v) is 5.03. The van der Waals surface area contributed by atoms with Crippen LogP contribution in [0.15, 0.2) is 41.0 Å². The molecule has 0 atom stereocenters. The Labute approximate surface area is 124 Å². The minimum atomic E-state index is -0.545. The number of rotatable bonds is 4. The van der Waals surface area contributed by atoms with Crippen molar-refractivity contribution in [3.8, 4) is 0 Å². The number of carbonyl (C=O) groups excluding carboxylic acids is 1. The zero-order valence-electron chi connectivity index (χ0n) is 10.8. The number of benzene rings is 1. The monoisotopic (exact) mass is 337 g/mol. The van der Waals surface area contributed by atoms with E-state index in [0.717, 1.165) is 22.3 Å². The van der Waals surface area contributed by atoms with Gasteiger partial charge in [-0.05, 0) is 23.8 Å². The molecule has 4 nitrogen and oxygen atoms in total. The Morgan fingerprint density at radius 2 is 2.20 bits per heavy atom.